The molecule has 0 spiro atoms. The fourth-order valence-corrected chi connectivity index (χ4v) is 4.37. The summed E-state index contributed by atoms with van der Waals surface area (Å²) in [5, 5.41) is 0. The third-order valence-corrected chi connectivity index (χ3v) is 5.94. The third-order valence-electron chi connectivity index (χ3n) is 5.94. The van der Waals surface area contributed by atoms with E-state index in [2.05, 4.69) is 91.5 Å². The van der Waals surface area contributed by atoms with Crippen LogP contribution < -0.4 is 4.90 Å². The third kappa shape index (κ3) is 3.78. The van der Waals surface area contributed by atoms with Gasteiger partial charge in [-0.1, -0.05) is 67.8 Å². The van der Waals surface area contributed by atoms with Crippen molar-refractivity contribution in [1.29, 1.82) is 0 Å². The maximum Gasteiger partial charge on any atom is 0.0490 e. The van der Waals surface area contributed by atoms with Crippen LogP contribution in [0.15, 0.2) is 72.8 Å². The second kappa shape index (κ2) is 8.00. The normalized spacial score (nSPS) is 14.9. The van der Waals surface area contributed by atoms with Gasteiger partial charge in [-0.05, 0) is 73.6 Å². The smallest absolute Gasteiger partial charge is 0.0490 e. The molecule has 0 amide bonds. The zero-order chi connectivity index (χ0) is 18.6. The van der Waals surface area contributed by atoms with E-state index in [0.29, 0.717) is 0 Å². The highest BCUT2D eigenvalue weighted by atomic mass is 15.1. The minimum atomic E-state index is 0.748. The Kier molecular flexibility index (Phi) is 5.29. The summed E-state index contributed by atoms with van der Waals surface area (Å²) in [6, 6.07) is 26.6. The maximum atomic E-state index is 2.40. The van der Waals surface area contributed by atoms with E-state index >= 15 is 0 Å². The van der Waals surface area contributed by atoms with Gasteiger partial charge < -0.3 is 4.90 Å². The SMILES string of the molecule is Cc1ccccc1N(c1ccc(C2CCCCC2)cc1)c1ccccc1C. The summed E-state index contributed by atoms with van der Waals surface area (Å²) in [4.78, 5) is 2.40. The summed E-state index contributed by atoms with van der Waals surface area (Å²) in [6.45, 7) is 4.38. The van der Waals surface area contributed by atoms with Gasteiger partial charge in [0.25, 0.3) is 0 Å². The Labute approximate surface area is 163 Å². The Bertz CT molecular complexity index is 843. The number of benzene rings is 3. The summed E-state index contributed by atoms with van der Waals surface area (Å²) >= 11 is 0. The van der Waals surface area contributed by atoms with Crippen molar-refractivity contribution in [1.82, 2.24) is 0 Å². The predicted octanol–water partition coefficient (Wildman–Crippen LogP) is 7.82. The Morgan fingerprint density at radius 2 is 1.15 bits per heavy atom. The van der Waals surface area contributed by atoms with Crippen LogP contribution in [0.2, 0.25) is 0 Å². The molecule has 1 nitrogen and oxygen atoms in total. The van der Waals surface area contributed by atoms with Gasteiger partial charge in [-0.25, -0.2) is 0 Å². The van der Waals surface area contributed by atoms with Crippen molar-refractivity contribution >= 4 is 17.1 Å². The van der Waals surface area contributed by atoms with Gasteiger partial charge in [0.05, 0.1) is 0 Å². The van der Waals surface area contributed by atoms with Gasteiger partial charge in [0.2, 0.25) is 0 Å². The van der Waals surface area contributed by atoms with Crippen LogP contribution in [0.5, 0.6) is 0 Å². The van der Waals surface area contributed by atoms with Crippen molar-refractivity contribution in [2.45, 2.75) is 51.9 Å². The van der Waals surface area contributed by atoms with Gasteiger partial charge in [-0.15, -0.1) is 0 Å². The molecular weight excluding hydrogens is 326 g/mol. The summed E-state index contributed by atoms with van der Waals surface area (Å²) in [7, 11) is 0. The van der Waals surface area contributed by atoms with Gasteiger partial charge in [0, 0.05) is 17.1 Å². The molecule has 0 saturated heterocycles. The van der Waals surface area contributed by atoms with Crippen molar-refractivity contribution in [3.8, 4) is 0 Å². The molecule has 3 aromatic carbocycles. The van der Waals surface area contributed by atoms with Crippen LogP contribution in [0.3, 0.4) is 0 Å². The number of rotatable bonds is 4. The standard InChI is InChI=1S/C26H29N/c1-20-10-6-8-14-25(20)27(26-15-9-7-11-21(26)2)24-18-16-23(17-19-24)22-12-4-3-5-13-22/h6-11,14-19,22H,3-5,12-13H2,1-2H3. The first-order chi connectivity index (χ1) is 13.2. The average Bonchev–Trinajstić information content (AvgIpc) is 2.72. The molecule has 0 N–H and O–H groups in total. The molecule has 0 aliphatic heterocycles. The molecule has 0 radical (unpaired) electrons. The number of hydrogen-bond donors (Lipinski definition) is 0. The first-order valence-electron chi connectivity index (χ1n) is 10.3. The van der Waals surface area contributed by atoms with Crippen LogP contribution in [0.1, 0.15) is 54.7 Å². The molecule has 27 heavy (non-hydrogen) atoms. The number of nitrogens with zero attached hydrogens (tertiary/aromatic N) is 1. The lowest BCUT2D eigenvalue weighted by Gasteiger charge is -2.29. The fraction of sp³-hybridized carbons (Fsp3) is 0.308. The molecule has 1 fully saturated rings. The summed E-state index contributed by atoms with van der Waals surface area (Å²) in [6.07, 6.45) is 6.86. The van der Waals surface area contributed by atoms with Crippen LogP contribution >= 0.6 is 0 Å². The largest absolute Gasteiger partial charge is 0.310 e. The van der Waals surface area contributed by atoms with E-state index in [1.54, 1.807) is 0 Å². The van der Waals surface area contributed by atoms with Crippen LogP contribution in [0, 0.1) is 13.8 Å². The predicted molar refractivity (Wildman–Crippen MR) is 116 cm³/mol. The van der Waals surface area contributed by atoms with Gasteiger partial charge in [0.1, 0.15) is 0 Å². The second-order valence-electron chi connectivity index (χ2n) is 7.83. The van der Waals surface area contributed by atoms with Crippen molar-refractivity contribution in [3.05, 3.63) is 89.5 Å². The topological polar surface area (TPSA) is 3.24 Å². The lowest BCUT2D eigenvalue weighted by molar-refractivity contribution is 0.443. The highest BCUT2D eigenvalue weighted by Crippen LogP contribution is 2.39. The molecule has 138 valence electrons. The summed E-state index contributed by atoms with van der Waals surface area (Å²) in [5.74, 6) is 0.748. The molecule has 0 unspecified atom stereocenters. The van der Waals surface area contributed by atoms with Crippen molar-refractivity contribution < 1.29 is 0 Å². The Balaban J connectivity index is 1.75. The van der Waals surface area contributed by atoms with Crippen molar-refractivity contribution in [2.24, 2.45) is 0 Å². The molecular formula is C26H29N. The van der Waals surface area contributed by atoms with Gasteiger partial charge in [-0.3, -0.25) is 0 Å². The molecule has 0 aromatic heterocycles. The minimum absolute atomic E-state index is 0.748. The lowest BCUT2D eigenvalue weighted by Crippen LogP contribution is -2.13. The summed E-state index contributed by atoms with van der Waals surface area (Å²) in [5.41, 5.74) is 7.81. The molecule has 1 aliphatic carbocycles. The van der Waals surface area contributed by atoms with E-state index in [4.69, 9.17) is 0 Å². The molecule has 0 bridgehead atoms. The highest BCUT2D eigenvalue weighted by molar-refractivity contribution is 5.79. The van der Waals surface area contributed by atoms with Gasteiger partial charge in [-0.2, -0.15) is 0 Å². The maximum absolute atomic E-state index is 2.40. The Hall–Kier alpha value is -2.54. The number of aryl methyl sites for hydroxylation is 2. The number of hydrogen-bond acceptors (Lipinski definition) is 1. The molecule has 1 heteroatoms. The first kappa shape index (κ1) is 17.9. The first-order valence-corrected chi connectivity index (χ1v) is 10.3. The zero-order valence-corrected chi connectivity index (χ0v) is 16.5. The minimum Gasteiger partial charge on any atom is -0.310 e. The van der Waals surface area contributed by atoms with Crippen LogP contribution in [0.25, 0.3) is 0 Å². The van der Waals surface area contributed by atoms with Gasteiger partial charge in [0.15, 0.2) is 0 Å². The van der Waals surface area contributed by atoms with E-state index in [-0.39, 0.29) is 0 Å². The molecule has 1 saturated carbocycles. The lowest BCUT2D eigenvalue weighted by atomic mass is 9.84. The molecule has 4 rings (SSSR count). The van der Waals surface area contributed by atoms with Crippen LogP contribution in [-0.2, 0) is 0 Å². The fourth-order valence-electron chi connectivity index (χ4n) is 4.37. The van der Waals surface area contributed by atoms with Crippen LogP contribution in [-0.4, -0.2) is 0 Å². The highest BCUT2D eigenvalue weighted by Gasteiger charge is 2.18. The van der Waals surface area contributed by atoms with Crippen molar-refractivity contribution in [2.75, 3.05) is 4.90 Å². The van der Waals surface area contributed by atoms with E-state index in [1.807, 2.05) is 0 Å². The zero-order valence-electron chi connectivity index (χ0n) is 16.5. The van der Waals surface area contributed by atoms with E-state index in [9.17, 15) is 0 Å². The van der Waals surface area contributed by atoms with Crippen molar-refractivity contribution in [3.63, 3.8) is 0 Å². The van der Waals surface area contributed by atoms with E-state index in [1.165, 1.54) is 65.9 Å². The quantitative estimate of drug-likeness (QED) is 0.461. The average molecular weight is 356 g/mol. The molecule has 0 atom stereocenters. The molecule has 1 aliphatic rings. The van der Waals surface area contributed by atoms with E-state index in [0.717, 1.165) is 5.92 Å². The Morgan fingerprint density at radius 1 is 0.630 bits per heavy atom. The number of para-hydroxylation sites is 2. The molecule has 3 aromatic rings. The van der Waals surface area contributed by atoms with Gasteiger partial charge >= 0.3 is 0 Å². The summed E-state index contributed by atoms with van der Waals surface area (Å²) < 4.78 is 0. The van der Waals surface area contributed by atoms with E-state index < -0.39 is 0 Å². The number of anilines is 3. The Morgan fingerprint density at radius 3 is 1.67 bits per heavy atom. The molecule has 0 heterocycles. The van der Waals surface area contributed by atoms with Crippen LogP contribution in [0.4, 0.5) is 17.1 Å². The second-order valence-corrected chi connectivity index (χ2v) is 7.83. The monoisotopic (exact) mass is 355 g/mol.